The van der Waals surface area contributed by atoms with Gasteiger partial charge < -0.3 is 23.9 Å². The molecule has 4 heterocycles. The summed E-state index contributed by atoms with van der Waals surface area (Å²) >= 11 is 0. The van der Waals surface area contributed by atoms with Crippen LogP contribution in [-0.4, -0.2) is 48.5 Å². The number of aliphatic hydroxyl groups excluding tert-OH is 1. The van der Waals surface area contributed by atoms with Gasteiger partial charge in [0, 0.05) is 42.2 Å². The van der Waals surface area contributed by atoms with Gasteiger partial charge in [-0.25, -0.2) is 4.98 Å². The standard InChI is InChI=1S/C23H21N3O4/c1-26-8-10-29-21-12-16(14-25-23(21)26)18-6-7-24-19-13-20(30-22(18)19)15-2-4-17(5-3-15)28-11-9-27/h2-7,12-14,27H,8-11H2,1H3. The molecule has 1 aromatic carbocycles. The average Bonchev–Trinajstić information content (AvgIpc) is 3.22. The van der Waals surface area contributed by atoms with E-state index in [9.17, 15) is 0 Å². The predicted molar refractivity (Wildman–Crippen MR) is 114 cm³/mol. The number of pyridine rings is 2. The van der Waals surface area contributed by atoms with Crippen molar-refractivity contribution >= 4 is 16.9 Å². The molecule has 0 fully saturated rings. The fraction of sp³-hybridized carbons (Fsp3) is 0.217. The van der Waals surface area contributed by atoms with Crippen LogP contribution in [0, 0.1) is 0 Å². The second kappa shape index (κ2) is 7.68. The molecule has 0 spiro atoms. The molecule has 152 valence electrons. The number of aromatic nitrogens is 2. The lowest BCUT2D eigenvalue weighted by Gasteiger charge is -2.26. The van der Waals surface area contributed by atoms with Crippen molar-refractivity contribution in [3.63, 3.8) is 0 Å². The number of nitrogens with zero attached hydrogens (tertiary/aromatic N) is 3. The average molecular weight is 403 g/mol. The van der Waals surface area contributed by atoms with Crippen LogP contribution in [0.25, 0.3) is 33.6 Å². The van der Waals surface area contributed by atoms with Gasteiger partial charge in [0.2, 0.25) is 0 Å². The van der Waals surface area contributed by atoms with Crippen molar-refractivity contribution in [2.24, 2.45) is 0 Å². The van der Waals surface area contributed by atoms with Crippen LogP contribution in [0.3, 0.4) is 0 Å². The monoisotopic (exact) mass is 403 g/mol. The molecule has 0 aliphatic carbocycles. The molecule has 0 saturated heterocycles. The number of rotatable bonds is 5. The molecule has 7 heteroatoms. The minimum absolute atomic E-state index is 0.0152. The number of ether oxygens (including phenoxy) is 2. The van der Waals surface area contributed by atoms with Gasteiger partial charge in [-0.05, 0) is 36.4 Å². The maximum absolute atomic E-state index is 8.88. The van der Waals surface area contributed by atoms with Crippen LogP contribution in [0.5, 0.6) is 11.5 Å². The molecule has 0 amide bonds. The molecule has 0 bridgehead atoms. The van der Waals surface area contributed by atoms with Gasteiger partial charge in [-0.15, -0.1) is 0 Å². The van der Waals surface area contributed by atoms with E-state index in [0.29, 0.717) is 17.9 Å². The molecule has 1 N–H and O–H groups in total. The lowest BCUT2D eigenvalue weighted by atomic mass is 10.1. The van der Waals surface area contributed by atoms with Gasteiger partial charge in [-0.3, -0.25) is 4.98 Å². The third kappa shape index (κ3) is 3.33. The minimum Gasteiger partial charge on any atom is -0.491 e. The first-order chi connectivity index (χ1) is 14.7. The van der Waals surface area contributed by atoms with Crippen molar-refractivity contribution in [3.8, 4) is 33.9 Å². The summed E-state index contributed by atoms with van der Waals surface area (Å²) in [7, 11) is 2.01. The van der Waals surface area contributed by atoms with Crippen LogP contribution in [0.1, 0.15) is 0 Å². The molecule has 0 unspecified atom stereocenters. The Kier molecular flexibility index (Phi) is 4.72. The molecule has 7 nitrogen and oxygen atoms in total. The van der Waals surface area contributed by atoms with E-state index in [1.54, 1.807) is 6.20 Å². The van der Waals surface area contributed by atoms with Crippen LogP contribution in [0.15, 0.2) is 59.3 Å². The first-order valence-corrected chi connectivity index (χ1v) is 9.80. The van der Waals surface area contributed by atoms with Gasteiger partial charge in [0.25, 0.3) is 0 Å². The maximum Gasteiger partial charge on any atom is 0.171 e. The second-order valence-corrected chi connectivity index (χ2v) is 7.10. The SMILES string of the molecule is CN1CCOc2cc(-c3ccnc4cc(-c5ccc(OCCO)cc5)oc34)cnc21. The summed E-state index contributed by atoms with van der Waals surface area (Å²) < 4.78 is 17.4. The smallest absolute Gasteiger partial charge is 0.171 e. The third-order valence-corrected chi connectivity index (χ3v) is 5.10. The first kappa shape index (κ1) is 18.4. The van der Waals surface area contributed by atoms with Crippen molar-refractivity contribution < 1.29 is 19.0 Å². The summed E-state index contributed by atoms with van der Waals surface area (Å²) in [6, 6.07) is 13.4. The Morgan fingerprint density at radius 3 is 2.80 bits per heavy atom. The Labute approximate surface area is 173 Å². The maximum atomic E-state index is 8.88. The highest BCUT2D eigenvalue weighted by molar-refractivity contribution is 5.92. The van der Waals surface area contributed by atoms with Gasteiger partial charge in [0.05, 0.1) is 13.2 Å². The molecule has 1 aliphatic heterocycles. The third-order valence-electron chi connectivity index (χ3n) is 5.10. The quantitative estimate of drug-likeness (QED) is 0.543. The largest absolute Gasteiger partial charge is 0.491 e. The topological polar surface area (TPSA) is 80.9 Å². The Bertz CT molecular complexity index is 1190. The van der Waals surface area contributed by atoms with Crippen LogP contribution >= 0.6 is 0 Å². The van der Waals surface area contributed by atoms with Crippen molar-refractivity contribution in [1.82, 2.24) is 9.97 Å². The van der Waals surface area contributed by atoms with Gasteiger partial charge >= 0.3 is 0 Å². The van der Waals surface area contributed by atoms with E-state index in [2.05, 4.69) is 14.9 Å². The van der Waals surface area contributed by atoms with Gasteiger partial charge in [-0.2, -0.15) is 0 Å². The Morgan fingerprint density at radius 2 is 1.97 bits per heavy atom. The molecule has 0 atom stereocenters. The molecule has 3 aromatic heterocycles. The first-order valence-electron chi connectivity index (χ1n) is 9.80. The summed E-state index contributed by atoms with van der Waals surface area (Å²) in [6.07, 6.45) is 3.61. The highest BCUT2D eigenvalue weighted by atomic mass is 16.5. The van der Waals surface area contributed by atoms with E-state index in [1.165, 1.54) is 0 Å². The van der Waals surface area contributed by atoms with Crippen molar-refractivity contribution in [2.75, 3.05) is 38.3 Å². The van der Waals surface area contributed by atoms with Crippen molar-refractivity contribution in [1.29, 1.82) is 0 Å². The second-order valence-electron chi connectivity index (χ2n) is 7.10. The zero-order valence-corrected chi connectivity index (χ0v) is 16.5. The molecule has 0 radical (unpaired) electrons. The van der Waals surface area contributed by atoms with E-state index in [4.69, 9.17) is 19.0 Å². The number of hydrogen-bond acceptors (Lipinski definition) is 7. The summed E-state index contributed by atoms with van der Waals surface area (Å²) in [5.74, 6) is 3.05. The zero-order valence-electron chi connectivity index (χ0n) is 16.5. The molecule has 1 aliphatic rings. The van der Waals surface area contributed by atoms with Gasteiger partial charge in [0.15, 0.2) is 17.2 Å². The fourth-order valence-corrected chi connectivity index (χ4v) is 3.56. The van der Waals surface area contributed by atoms with Gasteiger partial charge in [0.1, 0.15) is 30.2 Å². The molecule has 0 saturated carbocycles. The number of anilines is 1. The van der Waals surface area contributed by atoms with E-state index < -0.39 is 0 Å². The summed E-state index contributed by atoms with van der Waals surface area (Å²) in [6.45, 7) is 1.72. The van der Waals surface area contributed by atoms with Crippen LogP contribution in [-0.2, 0) is 0 Å². The van der Waals surface area contributed by atoms with E-state index in [-0.39, 0.29) is 13.2 Å². The van der Waals surface area contributed by atoms with Crippen molar-refractivity contribution in [2.45, 2.75) is 0 Å². The normalized spacial score (nSPS) is 13.2. The molecule has 5 rings (SSSR count). The summed E-state index contributed by atoms with van der Waals surface area (Å²) in [5, 5.41) is 8.88. The van der Waals surface area contributed by atoms with Crippen LogP contribution in [0.4, 0.5) is 5.82 Å². The van der Waals surface area contributed by atoms with Gasteiger partial charge in [-0.1, -0.05) is 0 Å². The Morgan fingerprint density at radius 1 is 1.10 bits per heavy atom. The molecular weight excluding hydrogens is 382 g/mol. The lowest BCUT2D eigenvalue weighted by Crippen LogP contribution is -2.29. The van der Waals surface area contributed by atoms with E-state index in [1.807, 2.05) is 55.7 Å². The number of likely N-dealkylation sites (N-methyl/N-ethyl adjacent to an activating group) is 1. The zero-order chi connectivity index (χ0) is 20.5. The molecule has 30 heavy (non-hydrogen) atoms. The number of aliphatic hydroxyl groups is 1. The number of benzene rings is 1. The summed E-state index contributed by atoms with van der Waals surface area (Å²) in [4.78, 5) is 11.1. The van der Waals surface area contributed by atoms with Crippen molar-refractivity contribution in [3.05, 3.63) is 54.9 Å². The highest BCUT2D eigenvalue weighted by Crippen LogP contribution is 2.37. The molecule has 4 aromatic rings. The summed E-state index contributed by atoms with van der Waals surface area (Å²) in [5.41, 5.74) is 4.24. The molecular formula is C23H21N3O4. The van der Waals surface area contributed by atoms with E-state index >= 15 is 0 Å². The Hall–Kier alpha value is -3.58. The van der Waals surface area contributed by atoms with E-state index in [0.717, 1.165) is 46.1 Å². The number of hydrogen-bond donors (Lipinski definition) is 1. The highest BCUT2D eigenvalue weighted by Gasteiger charge is 2.19. The lowest BCUT2D eigenvalue weighted by molar-refractivity contribution is 0.201. The predicted octanol–water partition coefficient (Wildman–Crippen LogP) is 3.76. The number of fused-ring (bicyclic) bond motifs is 2. The van der Waals surface area contributed by atoms with Crippen LogP contribution < -0.4 is 14.4 Å². The van der Waals surface area contributed by atoms with Crippen LogP contribution in [0.2, 0.25) is 0 Å². The number of furan rings is 1. The Balaban J connectivity index is 1.52. The fourth-order valence-electron chi connectivity index (χ4n) is 3.56. The minimum atomic E-state index is -0.0152.